The zero-order chi connectivity index (χ0) is 15.6. The molecule has 1 saturated heterocycles. The van der Waals surface area contributed by atoms with E-state index in [1.54, 1.807) is 24.3 Å². The van der Waals surface area contributed by atoms with Crippen LogP contribution in [-0.4, -0.2) is 19.1 Å². The van der Waals surface area contributed by atoms with Crippen LogP contribution in [0.25, 0.3) is 0 Å². The molecule has 1 aliphatic rings. The number of nitriles is 1. The number of ether oxygens (including phenoxy) is 1. The van der Waals surface area contributed by atoms with Gasteiger partial charge in [-0.3, -0.25) is 4.79 Å². The minimum Gasteiger partial charge on any atom is -0.378 e. The van der Waals surface area contributed by atoms with Gasteiger partial charge in [0.25, 0.3) is 0 Å². The van der Waals surface area contributed by atoms with Gasteiger partial charge in [-0.25, -0.2) is 4.39 Å². The van der Waals surface area contributed by atoms with Gasteiger partial charge in [-0.05, 0) is 42.0 Å². The molecule has 0 aromatic heterocycles. The summed E-state index contributed by atoms with van der Waals surface area (Å²) in [6.07, 6.45) is 0. The molecule has 4 nitrogen and oxygen atoms in total. The fraction of sp³-hybridized carbons (Fsp3) is 0.176. The first-order chi connectivity index (χ1) is 10.6. The van der Waals surface area contributed by atoms with Crippen molar-refractivity contribution in [3.05, 3.63) is 65.5 Å². The summed E-state index contributed by atoms with van der Waals surface area (Å²) in [5.74, 6) is -0.554. The molecule has 2 aromatic carbocycles. The van der Waals surface area contributed by atoms with Crippen molar-refractivity contribution < 1.29 is 13.9 Å². The molecular formula is C17H13FN2O2. The third-order valence-electron chi connectivity index (χ3n) is 3.80. The van der Waals surface area contributed by atoms with Crippen LogP contribution in [0.15, 0.2) is 48.5 Å². The number of hydrogen-bond donors (Lipinski definition) is 1. The van der Waals surface area contributed by atoms with Crippen LogP contribution in [0.4, 0.5) is 10.1 Å². The molecule has 1 heterocycles. The summed E-state index contributed by atoms with van der Waals surface area (Å²) in [6.45, 7) is 0.567. The van der Waals surface area contributed by atoms with Gasteiger partial charge in [0.05, 0.1) is 24.8 Å². The smallest absolute Gasteiger partial charge is 0.239 e. The molecule has 1 aliphatic heterocycles. The Morgan fingerprint density at radius 3 is 2.27 bits per heavy atom. The van der Waals surface area contributed by atoms with Gasteiger partial charge < -0.3 is 10.1 Å². The van der Waals surface area contributed by atoms with Crippen molar-refractivity contribution in [1.29, 1.82) is 5.26 Å². The number of amides is 1. The first-order valence-corrected chi connectivity index (χ1v) is 6.79. The van der Waals surface area contributed by atoms with Gasteiger partial charge in [-0.15, -0.1) is 0 Å². The lowest BCUT2D eigenvalue weighted by Crippen LogP contribution is -2.55. The third-order valence-corrected chi connectivity index (χ3v) is 3.80. The Morgan fingerprint density at radius 2 is 1.77 bits per heavy atom. The minimum absolute atomic E-state index is 0.199. The standard InChI is InChI=1S/C17H13FN2O2/c18-14-5-7-15(8-6-14)20-16(21)17(10-22-11-17)13-3-1-12(9-19)2-4-13/h1-8H,10-11H2,(H,20,21). The van der Waals surface area contributed by atoms with Gasteiger partial charge in [-0.1, -0.05) is 12.1 Å². The van der Waals surface area contributed by atoms with Gasteiger partial charge in [0.2, 0.25) is 5.91 Å². The molecule has 5 heteroatoms. The van der Waals surface area contributed by atoms with E-state index in [-0.39, 0.29) is 24.9 Å². The Morgan fingerprint density at radius 1 is 1.14 bits per heavy atom. The molecule has 0 radical (unpaired) electrons. The van der Waals surface area contributed by atoms with Gasteiger partial charge in [-0.2, -0.15) is 5.26 Å². The van der Waals surface area contributed by atoms with Crippen LogP contribution in [0.2, 0.25) is 0 Å². The average Bonchev–Trinajstić information content (AvgIpc) is 2.49. The van der Waals surface area contributed by atoms with Gasteiger partial charge >= 0.3 is 0 Å². The third kappa shape index (κ3) is 2.45. The minimum atomic E-state index is -0.762. The molecule has 110 valence electrons. The van der Waals surface area contributed by atoms with Crippen LogP contribution in [0.5, 0.6) is 0 Å². The Bertz CT molecular complexity index is 729. The molecule has 0 bridgehead atoms. The largest absolute Gasteiger partial charge is 0.378 e. The number of rotatable bonds is 3. The van der Waals surface area contributed by atoms with Gasteiger partial charge in [0, 0.05) is 5.69 Å². The monoisotopic (exact) mass is 296 g/mol. The van der Waals surface area contributed by atoms with E-state index in [1.165, 1.54) is 24.3 Å². The van der Waals surface area contributed by atoms with Crippen molar-refractivity contribution in [3.63, 3.8) is 0 Å². The van der Waals surface area contributed by atoms with Crippen LogP contribution in [-0.2, 0) is 14.9 Å². The highest BCUT2D eigenvalue weighted by Crippen LogP contribution is 2.34. The highest BCUT2D eigenvalue weighted by molar-refractivity contribution is 6.00. The quantitative estimate of drug-likeness (QED) is 0.947. The number of carbonyl (C=O) groups excluding carboxylic acids is 1. The maximum Gasteiger partial charge on any atom is 0.239 e. The van der Waals surface area contributed by atoms with Gasteiger partial charge in [0.15, 0.2) is 0 Å². The SMILES string of the molecule is N#Cc1ccc(C2(C(=O)Nc3ccc(F)cc3)COC2)cc1. The zero-order valence-corrected chi connectivity index (χ0v) is 11.7. The van der Waals surface area contributed by atoms with Crippen molar-refractivity contribution in [2.24, 2.45) is 0 Å². The number of hydrogen-bond acceptors (Lipinski definition) is 3. The van der Waals surface area contributed by atoms with Crippen molar-refractivity contribution in [2.45, 2.75) is 5.41 Å². The molecule has 1 N–H and O–H groups in total. The highest BCUT2D eigenvalue weighted by atomic mass is 19.1. The summed E-state index contributed by atoms with van der Waals surface area (Å²) in [4.78, 5) is 12.6. The highest BCUT2D eigenvalue weighted by Gasteiger charge is 2.47. The van der Waals surface area contributed by atoms with Crippen molar-refractivity contribution >= 4 is 11.6 Å². The summed E-state index contributed by atoms with van der Waals surface area (Å²) in [6, 6.07) is 14.6. The number of benzene rings is 2. The first kappa shape index (κ1) is 14.2. The Labute approximate surface area is 127 Å². The fourth-order valence-corrected chi connectivity index (χ4v) is 2.38. The predicted molar refractivity (Wildman–Crippen MR) is 78.7 cm³/mol. The Balaban J connectivity index is 1.84. The fourth-order valence-electron chi connectivity index (χ4n) is 2.38. The van der Waals surface area contributed by atoms with Crippen LogP contribution in [0.1, 0.15) is 11.1 Å². The van der Waals surface area contributed by atoms with Crippen molar-refractivity contribution in [2.75, 3.05) is 18.5 Å². The second kappa shape index (κ2) is 5.58. The summed E-state index contributed by atoms with van der Waals surface area (Å²) in [5, 5.41) is 11.6. The number of halogens is 1. The molecule has 2 aromatic rings. The van der Waals surface area contributed by atoms with Gasteiger partial charge in [0.1, 0.15) is 11.2 Å². The lowest BCUT2D eigenvalue weighted by molar-refractivity contribution is -0.139. The summed E-state index contributed by atoms with van der Waals surface area (Å²) >= 11 is 0. The lowest BCUT2D eigenvalue weighted by atomic mass is 9.77. The molecule has 0 unspecified atom stereocenters. The number of nitrogens with one attached hydrogen (secondary N) is 1. The topological polar surface area (TPSA) is 62.1 Å². The molecule has 0 spiro atoms. The van der Waals surface area contributed by atoms with Crippen molar-refractivity contribution in [3.8, 4) is 6.07 Å². The van der Waals surface area contributed by atoms with Crippen LogP contribution < -0.4 is 5.32 Å². The van der Waals surface area contributed by atoms with E-state index in [1.807, 2.05) is 6.07 Å². The molecule has 3 rings (SSSR count). The molecule has 0 atom stereocenters. The van der Waals surface area contributed by atoms with E-state index in [2.05, 4.69) is 5.32 Å². The van der Waals surface area contributed by atoms with Crippen molar-refractivity contribution in [1.82, 2.24) is 0 Å². The maximum absolute atomic E-state index is 12.9. The molecule has 22 heavy (non-hydrogen) atoms. The van der Waals surface area contributed by atoms with Crippen LogP contribution in [0, 0.1) is 17.1 Å². The van der Waals surface area contributed by atoms with E-state index in [4.69, 9.17) is 10.00 Å². The first-order valence-electron chi connectivity index (χ1n) is 6.79. The predicted octanol–water partition coefficient (Wildman–Crippen LogP) is 2.60. The normalized spacial score (nSPS) is 15.5. The second-order valence-corrected chi connectivity index (χ2v) is 5.23. The van der Waals surface area contributed by atoms with E-state index in [0.29, 0.717) is 11.3 Å². The summed E-state index contributed by atoms with van der Waals surface area (Å²) in [5.41, 5.74) is 1.12. The Hall–Kier alpha value is -2.71. The number of nitrogens with zero attached hydrogens (tertiary/aromatic N) is 1. The molecule has 0 aliphatic carbocycles. The van der Waals surface area contributed by atoms with E-state index < -0.39 is 5.41 Å². The second-order valence-electron chi connectivity index (χ2n) is 5.23. The van der Waals surface area contributed by atoms with Crippen LogP contribution in [0.3, 0.4) is 0 Å². The summed E-state index contributed by atoms with van der Waals surface area (Å²) in [7, 11) is 0. The average molecular weight is 296 g/mol. The Kier molecular flexibility index (Phi) is 3.61. The molecular weight excluding hydrogens is 283 g/mol. The maximum atomic E-state index is 12.9. The van der Waals surface area contributed by atoms with E-state index in [0.717, 1.165) is 5.56 Å². The van der Waals surface area contributed by atoms with E-state index >= 15 is 0 Å². The molecule has 0 saturated carbocycles. The zero-order valence-electron chi connectivity index (χ0n) is 11.7. The van der Waals surface area contributed by atoms with E-state index in [9.17, 15) is 9.18 Å². The molecule has 1 fully saturated rings. The number of anilines is 1. The number of carbonyl (C=O) groups is 1. The summed E-state index contributed by atoms with van der Waals surface area (Å²) < 4.78 is 18.2. The van der Waals surface area contributed by atoms with Crippen LogP contribution >= 0.6 is 0 Å². The lowest BCUT2D eigenvalue weighted by Gasteiger charge is -2.40. The molecule has 1 amide bonds.